The lowest BCUT2D eigenvalue weighted by atomic mass is 10.1. The Labute approximate surface area is 85.5 Å². The number of aromatic nitrogens is 2. The predicted molar refractivity (Wildman–Crippen MR) is 57.2 cm³/mol. The smallest absolute Gasteiger partial charge is 0.0951 e. The van der Waals surface area contributed by atoms with Gasteiger partial charge in [-0.05, 0) is 32.7 Å². The van der Waals surface area contributed by atoms with Crippen LogP contribution in [0.15, 0.2) is 12.5 Å². The lowest BCUT2D eigenvalue weighted by Crippen LogP contribution is -2.18. The highest BCUT2D eigenvalue weighted by molar-refractivity contribution is 5.08. The molecule has 1 aliphatic heterocycles. The number of imidazole rings is 1. The third-order valence-corrected chi connectivity index (χ3v) is 3.18. The van der Waals surface area contributed by atoms with Crippen LogP contribution in [0.1, 0.15) is 50.9 Å². The van der Waals surface area contributed by atoms with Gasteiger partial charge in [-0.2, -0.15) is 0 Å². The van der Waals surface area contributed by atoms with Crippen LogP contribution in [0.3, 0.4) is 0 Å². The molecule has 0 saturated carbocycles. The van der Waals surface area contributed by atoms with Crippen molar-refractivity contribution in [1.82, 2.24) is 14.9 Å². The summed E-state index contributed by atoms with van der Waals surface area (Å²) in [4.78, 5) is 4.26. The van der Waals surface area contributed by atoms with Gasteiger partial charge in [0.2, 0.25) is 0 Å². The van der Waals surface area contributed by atoms with Crippen LogP contribution in [0.4, 0.5) is 0 Å². The van der Waals surface area contributed by atoms with Crippen LogP contribution in [0.5, 0.6) is 0 Å². The second-order valence-electron chi connectivity index (χ2n) is 4.13. The summed E-state index contributed by atoms with van der Waals surface area (Å²) in [6, 6.07) is 1.10. The molecule has 1 saturated heterocycles. The lowest BCUT2D eigenvalue weighted by molar-refractivity contribution is 0.480. The number of hydrogen-bond acceptors (Lipinski definition) is 2. The largest absolute Gasteiger partial charge is 0.330 e. The van der Waals surface area contributed by atoms with Gasteiger partial charge in [0.1, 0.15) is 0 Å². The molecule has 0 radical (unpaired) electrons. The second-order valence-corrected chi connectivity index (χ2v) is 4.13. The highest BCUT2D eigenvalue weighted by atomic mass is 15.1. The first kappa shape index (κ1) is 9.71. The topological polar surface area (TPSA) is 29.9 Å². The average Bonchev–Trinajstić information content (AvgIpc) is 2.85. The zero-order chi connectivity index (χ0) is 9.97. The summed E-state index contributed by atoms with van der Waals surface area (Å²) in [5, 5.41) is 3.52. The molecule has 1 aromatic heterocycles. The van der Waals surface area contributed by atoms with Crippen molar-refractivity contribution in [2.75, 3.05) is 6.54 Å². The molecule has 2 atom stereocenters. The fourth-order valence-corrected chi connectivity index (χ4v) is 2.09. The number of hydrogen-bond donors (Lipinski definition) is 1. The Kier molecular flexibility index (Phi) is 2.87. The minimum atomic E-state index is 0.534. The molecule has 0 aromatic carbocycles. The van der Waals surface area contributed by atoms with E-state index in [0.29, 0.717) is 12.1 Å². The van der Waals surface area contributed by atoms with Crippen LogP contribution < -0.4 is 5.32 Å². The number of nitrogens with one attached hydrogen (secondary N) is 1. The fourth-order valence-electron chi connectivity index (χ4n) is 2.09. The van der Waals surface area contributed by atoms with Gasteiger partial charge in [-0.15, -0.1) is 0 Å². The van der Waals surface area contributed by atoms with E-state index in [2.05, 4.69) is 28.7 Å². The molecule has 0 amide bonds. The molecule has 3 nitrogen and oxygen atoms in total. The molecule has 1 aliphatic rings. The average molecular weight is 193 g/mol. The first-order valence-corrected chi connectivity index (χ1v) is 5.58. The van der Waals surface area contributed by atoms with Crippen LogP contribution >= 0.6 is 0 Å². The minimum absolute atomic E-state index is 0.534. The fraction of sp³-hybridized carbons (Fsp3) is 0.727. The van der Waals surface area contributed by atoms with Gasteiger partial charge in [0.25, 0.3) is 0 Å². The zero-order valence-corrected chi connectivity index (χ0v) is 9.03. The molecule has 0 spiro atoms. The maximum atomic E-state index is 4.26. The highest BCUT2D eigenvalue weighted by Gasteiger charge is 2.20. The lowest BCUT2D eigenvalue weighted by Gasteiger charge is -2.18. The van der Waals surface area contributed by atoms with Gasteiger partial charge < -0.3 is 9.88 Å². The molecule has 2 heterocycles. The van der Waals surface area contributed by atoms with Crippen molar-refractivity contribution in [3.05, 3.63) is 18.2 Å². The summed E-state index contributed by atoms with van der Waals surface area (Å²) in [6.07, 6.45) is 7.67. The summed E-state index contributed by atoms with van der Waals surface area (Å²) in [6.45, 7) is 5.62. The van der Waals surface area contributed by atoms with Gasteiger partial charge >= 0.3 is 0 Å². The number of rotatable bonds is 3. The molecule has 3 heteroatoms. The second kappa shape index (κ2) is 4.13. The predicted octanol–water partition coefficient (Wildman–Crippen LogP) is 2.28. The van der Waals surface area contributed by atoms with Crippen LogP contribution in [0.2, 0.25) is 0 Å². The van der Waals surface area contributed by atoms with Gasteiger partial charge in [0, 0.05) is 18.3 Å². The third kappa shape index (κ3) is 1.69. The molecular formula is C11H19N3. The Balaban J connectivity index is 2.19. The summed E-state index contributed by atoms with van der Waals surface area (Å²) in [5.74, 6) is 0. The van der Waals surface area contributed by atoms with Crippen LogP contribution in [-0.4, -0.2) is 16.1 Å². The summed E-state index contributed by atoms with van der Waals surface area (Å²) >= 11 is 0. The van der Waals surface area contributed by atoms with Crippen molar-refractivity contribution >= 4 is 0 Å². The Morgan fingerprint density at radius 2 is 2.57 bits per heavy atom. The Hall–Kier alpha value is -0.830. The van der Waals surface area contributed by atoms with E-state index < -0.39 is 0 Å². The van der Waals surface area contributed by atoms with Gasteiger partial charge in [-0.1, -0.05) is 6.92 Å². The molecule has 1 fully saturated rings. The van der Waals surface area contributed by atoms with Crippen LogP contribution in [0.25, 0.3) is 0 Å². The van der Waals surface area contributed by atoms with Crippen molar-refractivity contribution in [3.63, 3.8) is 0 Å². The summed E-state index contributed by atoms with van der Waals surface area (Å²) in [5.41, 5.74) is 1.36. The van der Waals surface area contributed by atoms with Crippen molar-refractivity contribution in [2.24, 2.45) is 0 Å². The van der Waals surface area contributed by atoms with Gasteiger partial charge in [0.15, 0.2) is 0 Å². The third-order valence-electron chi connectivity index (χ3n) is 3.18. The normalized spacial score (nSPS) is 24.0. The SMILES string of the molecule is CCC(C)n1cncc1[C@@H]1CCCN1. The Morgan fingerprint density at radius 3 is 3.21 bits per heavy atom. The molecule has 78 valence electrons. The number of nitrogens with zero attached hydrogens (tertiary/aromatic N) is 2. The summed E-state index contributed by atoms with van der Waals surface area (Å²) in [7, 11) is 0. The standard InChI is InChI=1S/C11H19N3/c1-3-9(2)14-8-12-7-11(14)10-5-4-6-13-10/h7-10,13H,3-6H2,1-2H3/t9?,10-/m0/s1. The van der Waals surface area contributed by atoms with E-state index in [1.165, 1.54) is 18.5 Å². The van der Waals surface area contributed by atoms with Gasteiger partial charge in [0.05, 0.1) is 12.0 Å². The first-order chi connectivity index (χ1) is 6.83. The molecular weight excluding hydrogens is 174 g/mol. The molecule has 2 rings (SSSR count). The van der Waals surface area contributed by atoms with Crippen molar-refractivity contribution in [1.29, 1.82) is 0 Å². The van der Waals surface area contributed by atoms with E-state index in [-0.39, 0.29) is 0 Å². The maximum Gasteiger partial charge on any atom is 0.0951 e. The van der Waals surface area contributed by atoms with Crippen LogP contribution in [0, 0.1) is 0 Å². The molecule has 1 N–H and O–H groups in total. The molecule has 14 heavy (non-hydrogen) atoms. The van der Waals surface area contributed by atoms with Gasteiger partial charge in [-0.3, -0.25) is 0 Å². The maximum absolute atomic E-state index is 4.26. The monoisotopic (exact) mass is 193 g/mol. The zero-order valence-electron chi connectivity index (χ0n) is 9.03. The van der Waals surface area contributed by atoms with E-state index in [4.69, 9.17) is 0 Å². The van der Waals surface area contributed by atoms with E-state index in [9.17, 15) is 0 Å². The van der Waals surface area contributed by atoms with Crippen LogP contribution in [-0.2, 0) is 0 Å². The molecule has 0 bridgehead atoms. The molecule has 0 aliphatic carbocycles. The van der Waals surface area contributed by atoms with E-state index in [1.54, 1.807) is 0 Å². The Morgan fingerprint density at radius 1 is 1.71 bits per heavy atom. The van der Waals surface area contributed by atoms with Gasteiger partial charge in [-0.25, -0.2) is 4.98 Å². The van der Waals surface area contributed by atoms with Crippen molar-refractivity contribution < 1.29 is 0 Å². The summed E-state index contributed by atoms with van der Waals surface area (Å²) < 4.78 is 2.31. The quantitative estimate of drug-likeness (QED) is 0.798. The first-order valence-electron chi connectivity index (χ1n) is 5.58. The van der Waals surface area contributed by atoms with E-state index in [1.807, 2.05) is 12.5 Å². The van der Waals surface area contributed by atoms with E-state index in [0.717, 1.165) is 13.0 Å². The minimum Gasteiger partial charge on any atom is -0.330 e. The highest BCUT2D eigenvalue weighted by Crippen LogP contribution is 2.25. The van der Waals surface area contributed by atoms with E-state index >= 15 is 0 Å². The molecule has 1 unspecified atom stereocenters. The molecule has 1 aromatic rings. The van der Waals surface area contributed by atoms with Crippen molar-refractivity contribution in [2.45, 2.75) is 45.2 Å². The Bertz CT molecular complexity index is 286. The van der Waals surface area contributed by atoms with Crippen molar-refractivity contribution in [3.8, 4) is 0 Å².